The number of aromatic nitrogens is 1. The summed E-state index contributed by atoms with van der Waals surface area (Å²) in [5, 5.41) is 3.76. The number of fused-ring (bicyclic) bond motifs is 2. The Labute approximate surface area is 176 Å². The second-order valence-corrected chi connectivity index (χ2v) is 10.1. The van der Waals surface area contributed by atoms with Crippen LogP contribution >= 0.6 is 0 Å². The third kappa shape index (κ3) is 4.09. The molecule has 2 aliphatic rings. The van der Waals surface area contributed by atoms with Crippen LogP contribution in [0.5, 0.6) is 0 Å². The van der Waals surface area contributed by atoms with E-state index in [4.69, 9.17) is 0 Å². The lowest BCUT2D eigenvalue weighted by Gasteiger charge is -2.39. The first-order valence-corrected chi connectivity index (χ1v) is 12.3. The number of hydrogen-bond donors (Lipinski definition) is 2. The molecule has 2 atom stereocenters. The summed E-state index contributed by atoms with van der Waals surface area (Å²) in [7, 11) is -3.52. The highest BCUT2D eigenvalue weighted by molar-refractivity contribution is 7.88. The fraction of sp³-hybridized carbons (Fsp3) is 0.524. The monoisotopic (exact) mass is 432 g/mol. The maximum Gasteiger partial charge on any atom is 0.254 e. The van der Waals surface area contributed by atoms with Gasteiger partial charge in [-0.15, -0.1) is 0 Å². The van der Waals surface area contributed by atoms with Crippen molar-refractivity contribution in [3.63, 3.8) is 0 Å². The highest BCUT2D eigenvalue weighted by Gasteiger charge is 2.39. The quantitative estimate of drug-likeness (QED) is 0.752. The third-order valence-electron chi connectivity index (χ3n) is 6.25. The van der Waals surface area contributed by atoms with Crippen molar-refractivity contribution in [2.24, 2.45) is 5.92 Å². The molecule has 162 valence electrons. The molecule has 2 amide bonds. The van der Waals surface area contributed by atoms with E-state index in [1.165, 1.54) is 10.6 Å². The number of H-pyrrole nitrogens is 1. The van der Waals surface area contributed by atoms with Crippen LogP contribution in [0.1, 0.15) is 36.0 Å². The lowest BCUT2D eigenvalue weighted by atomic mass is 9.83. The molecule has 1 aliphatic carbocycles. The zero-order valence-electron chi connectivity index (χ0n) is 17.1. The van der Waals surface area contributed by atoms with Crippen molar-refractivity contribution < 1.29 is 18.0 Å². The van der Waals surface area contributed by atoms with Gasteiger partial charge < -0.3 is 15.2 Å². The smallest absolute Gasteiger partial charge is 0.254 e. The number of aromatic amines is 1. The maximum atomic E-state index is 13.3. The van der Waals surface area contributed by atoms with Gasteiger partial charge in [-0.1, -0.05) is 18.9 Å². The number of carbonyl (C=O) groups excluding carboxylic acids is 2. The zero-order valence-corrected chi connectivity index (χ0v) is 18.0. The molecule has 30 heavy (non-hydrogen) atoms. The SMILES string of the molecule is CS(=O)(=O)N1CCN(C(=O)c2cccc3[nH]ccc23)CCNC(=O)[C@H]2CCCC[C@H]21. The van der Waals surface area contributed by atoms with E-state index < -0.39 is 10.0 Å². The molecule has 0 unspecified atom stereocenters. The minimum Gasteiger partial charge on any atom is -0.361 e. The predicted molar refractivity (Wildman–Crippen MR) is 115 cm³/mol. The Balaban J connectivity index is 1.63. The second-order valence-electron chi connectivity index (χ2n) is 8.16. The number of nitrogens with zero attached hydrogens (tertiary/aromatic N) is 2. The van der Waals surface area contributed by atoms with E-state index in [2.05, 4.69) is 10.3 Å². The molecule has 1 saturated heterocycles. The van der Waals surface area contributed by atoms with E-state index >= 15 is 0 Å². The fourth-order valence-corrected chi connectivity index (χ4v) is 5.92. The average molecular weight is 433 g/mol. The van der Waals surface area contributed by atoms with Gasteiger partial charge in [-0.05, 0) is 31.0 Å². The van der Waals surface area contributed by atoms with Crippen LogP contribution in [0.25, 0.3) is 10.9 Å². The van der Waals surface area contributed by atoms with Crippen molar-refractivity contribution in [2.45, 2.75) is 31.7 Å². The highest BCUT2D eigenvalue weighted by atomic mass is 32.2. The molecular weight excluding hydrogens is 404 g/mol. The number of benzene rings is 1. The van der Waals surface area contributed by atoms with Crippen molar-refractivity contribution in [2.75, 3.05) is 32.4 Å². The molecule has 8 nitrogen and oxygen atoms in total. The van der Waals surface area contributed by atoms with Gasteiger partial charge >= 0.3 is 0 Å². The summed E-state index contributed by atoms with van der Waals surface area (Å²) < 4.78 is 26.6. The number of rotatable bonds is 2. The number of nitrogens with one attached hydrogen (secondary N) is 2. The van der Waals surface area contributed by atoms with E-state index in [1.807, 2.05) is 18.2 Å². The summed E-state index contributed by atoms with van der Waals surface area (Å²) in [6, 6.07) is 7.02. The molecule has 0 spiro atoms. The van der Waals surface area contributed by atoms with Gasteiger partial charge in [0.05, 0.1) is 12.2 Å². The van der Waals surface area contributed by atoms with Crippen LogP contribution in [-0.2, 0) is 14.8 Å². The third-order valence-corrected chi connectivity index (χ3v) is 7.55. The number of amides is 2. The molecule has 1 aromatic heterocycles. The molecule has 4 rings (SSSR count). The van der Waals surface area contributed by atoms with Gasteiger partial charge in [0.2, 0.25) is 15.9 Å². The molecule has 0 bridgehead atoms. The molecule has 2 aromatic rings. The first-order valence-electron chi connectivity index (χ1n) is 10.5. The standard InChI is InChI=1S/C21H28N4O4S/c1-30(28,29)25-14-13-24(12-11-23-20(26)17-5-2-3-8-19(17)25)21(27)16-6-4-7-18-15(16)9-10-22-18/h4,6-7,9-10,17,19,22H,2-3,5,8,11-14H2,1H3,(H,23,26)/t17-,19+/m0/s1. The van der Waals surface area contributed by atoms with Crippen molar-refractivity contribution in [1.82, 2.24) is 19.5 Å². The Morgan fingerprint density at radius 3 is 2.70 bits per heavy atom. The minimum atomic E-state index is -3.52. The molecule has 2 heterocycles. The first kappa shape index (κ1) is 20.9. The van der Waals surface area contributed by atoms with Crippen LogP contribution in [-0.4, -0.2) is 72.9 Å². The van der Waals surface area contributed by atoms with Gasteiger partial charge in [0.1, 0.15) is 0 Å². The van der Waals surface area contributed by atoms with Crippen molar-refractivity contribution >= 4 is 32.7 Å². The van der Waals surface area contributed by atoms with Gasteiger partial charge in [-0.3, -0.25) is 9.59 Å². The van der Waals surface area contributed by atoms with Gasteiger partial charge in [0.15, 0.2) is 0 Å². The van der Waals surface area contributed by atoms with Crippen LogP contribution in [0.2, 0.25) is 0 Å². The Morgan fingerprint density at radius 2 is 1.90 bits per heavy atom. The summed E-state index contributed by atoms with van der Waals surface area (Å²) in [6.45, 7) is 1.17. The lowest BCUT2D eigenvalue weighted by Crippen LogP contribution is -2.55. The first-order chi connectivity index (χ1) is 14.4. The van der Waals surface area contributed by atoms with Crippen molar-refractivity contribution in [3.05, 3.63) is 36.0 Å². The Morgan fingerprint density at radius 1 is 1.10 bits per heavy atom. The Hall–Kier alpha value is -2.39. The van der Waals surface area contributed by atoms with Gasteiger partial charge in [-0.25, -0.2) is 8.42 Å². The topological polar surface area (TPSA) is 103 Å². The van der Waals surface area contributed by atoms with Gasteiger partial charge in [-0.2, -0.15) is 4.31 Å². The van der Waals surface area contributed by atoms with Crippen LogP contribution in [0.4, 0.5) is 0 Å². The normalized spacial score (nSPS) is 24.3. The summed E-state index contributed by atoms with van der Waals surface area (Å²) in [5.41, 5.74) is 1.44. The molecular formula is C21H28N4O4S. The van der Waals surface area contributed by atoms with E-state index in [1.54, 1.807) is 17.2 Å². The summed E-state index contributed by atoms with van der Waals surface area (Å²) in [4.78, 5) is 30.9. The van der Waals surface area contributed by atoms with Crippen LogP contribution in [0.3, 0.4) is 0 Å². The summed E-state index contributed by atoms with van der Waals surface area (Å²) in [6.07, 6.45) is 6.17. The number of carbonyl (C=O) groups is 2. The van der Waals surface area contributed by atoms with E-state index in [9.17, 15) is 18.0 Å². The van der Waals surface area contributed by atoms with Crippen LogP contribution in [0.15, 0.2) is 30.5 Å². The van der Waals surface area contributed by atoms with Gasteiger partial charge in [0.25, 0.3) is 5.91 Å². The predicted octanol–water partition coefficient (Wildman–Crippen LogP) is 1.56. The van der Waals surface area contributed by atoms with Gasteiger partial charge in [0, 0.05) is 54.9 Å². The van der Waals surface area contributed by atoms with Crippen LogP contribution in [0, 0.1) is 5.92 Å². The largest absolute Gasteiger partial charge is 0.361 e. The van der Waals surface area contributed by atoms with Crippen LogP contribution < -0.4 is 5.32 Å². The number of hydrogen-bond acceptors (Lipinski definition) is 4. The minimum absolute atomic E-state index is 0.115. The molecule has 1 saturated carbocycles. The zero-order chi connectivity index (χ0) is 21.3. The maximum absolute atomic E-state index is 13.3. The average Bonchev–Trinajstić information content (AvgIpc) is 3.20. The number of sulfonamides is 1. The lowest BCUT2D eigenvalue weighted by molar-refractivity contribution is -0.127. The molecule has 2 fully saturated rings. The Kier molecular flexibility index (Phi) is 5.84. The molecule has 9 heteroatoms. The molecule has 1 aromatic carbocycles. The molecule has 0 radical (unpaired) electrons. The summed E-state index contributed by atoms with van der Waals surface area (Å²) in [5.74, 6) is -0.608. The molecule has 1 aliphatic heterocycles. The van der Waals surface area contributed by atoms with Crippen molar-refractivity contribution in [1.29, 1.82) is 0 Å². The summed E-state index contributed by atoms with van der Waals surface area (Å²) >= 11 is 0. The second kappa shape index (κ2) is 8.39. The fourth-order valence-electron chi connectivity index (χ4n) is 4.76. The van der Waals surface area contributed by atoms with E-state index in [0.29, 0.717) is 31.5 Å². The van der Waals surface area contributed by atoms with E-state index in [-0.39, 0.29) is 36.9 Å². The van der Waals surface area contributed by atoms with Crippen molar-refractivity contribution in [3.8, 4) is 0 Å². The Bertz CT molecular complexity index is 1050. The molecule has 2 N–H and O–H groups in total. The van der Waals surface area contributed by atoms with E-state index in [0.717, 1.165) is 23.7 Å². The highest BCUT2D eigenvalue weighted by Crippen LogP contribution is 2.30.